The smallest absolute Gasteiger partial charge is 0.341 e. The summed E-state index contributed by atoms with van der Waals surface area (Å²) in [6, 6.07) is 3.53. The lowest BCUT2D eigenvalue weighted by Gasteiger charge is -2.31. The molecule has 0 radical (unpaired) electrons. The number of nitrogens with one attached hydrogen (secondary N) is 3. The van der Waals surface area contributed by atoms with Gasteiger partial charge in [-0.3, -0.25) is 0 Å². The largest absolute Gasteiger partial charge is 0.462 e. The van der Waals surface area contributed by atoms with Crippen LogP contribution < -0.4 is 10.6 Å². The van der Waals surface area contributed by atoms with Gasteiger partial charge >= 0.3 is 5.97 Å². The summed E-state index contributed by atoms with van der Waals surface area (Å²) in [6.07, 6.45) is 8.14. The molecule has 0 aliphatic carbocycles. The molecule has 6 nitrogen and oxygen atoms in total. The van der Waals surface area contributed by atoms with Gasteiger partial charge in [-0.25, -0.2) is 9.78 Å². The quantitative estimate of drug-likeness (QED) is 0.755. The van der Waals surface area contributed by atoms with E-state index in [1.807, 2.05) is 19.2 Å². The third-order valence-electron chi connectivity index (χ3n) is 4.90. The minimum Gasteiger partial charge on any atom is -0.462 e. The zero-order valence-corrected chi connectivity index (χ0v) is 13.3. The number of aromatic amines is 1. The monoisotopic (exact) mass is 314 g/mol. The lowest BCUT2D eigenvalue weighted by molar-refractivity contribution is 0.0527. The van der Waals surface area contributed by atoms with Crippen molar-refractivity contribution >= 4 is 22.7 Å². The van der Waals surface area contributed by atoms with Crippen LogP contribution in [0, 0.1) is 0 Å². The molecule has 0 amide bonds. The van der Waals surface area contributed by atoms with E-state index in [0.29, 0.717) is 30.3 Å². The van der Waals surface area contributed by atoms with Crippen LogP contribution >= 0.6 is 0 Å². The number of esters is 1. The molecule has 23 heavy (non-hydrogen) atoms. The average Bonchev–Trinajstić information content (AvgIpc) is 3.14. The molecule has 1 unspecified atom stereocenters. The fraction of sp³-hybridized carbons (Fsp3) is 0.529. The predicted octanol–water partition coefficient (Wildman–Crippen LogP) is 2.43. The van der Waals surface area contributed by atoms with Gasteiger partial charge < -0.3 is 20.4 Å². The van der Waals surface area contributed by atoms with E-state index >= 15 is 0 Å². The number of rotatable bonds is 4. The molecule has 4 heterocycles. The summed E-state index contributed by atoms with van der Waals surface area (Å²) in [5.41, 5.74) is 2.16. The van der Waals surface area contributed by atoms with E-state index < -0.39 is 0 Å². The molecule has 4 rings (SSSR count). The van der Waals surface area contributed by atoms with Crippen molar-refractivity contribution < 1.29 is 9.53 Å². The molecule has 2 aliphatic heterocycles. The highest BCUT2D eigenvalue weighted by Crippen LogP contribution is 2.32. The second-order valence-corrected chi connectivity index (χ2v) is 6.46. The normalized spacial score (nSPS) is 26.4. The van der Waals surface area contributed by atoms with Crippen molar-refractivity contribution in [1.29, 1.82) is 0 Å². The Hall–Kier alpha value is -2.08. The van der Waals surface area contributed by atoms with Gasteiger partial charge in [0, 0.05) is 35.9 Å². The minimum atomic E-state index is -0.317. The number of aromatic nitrogens is 2. The van der Waals surface area contributed by atoms with E-state index in [1.165, 1.54) is 12.8 Å². The standard InChI is InChI=1S/C17H22N4O2/c1-2-23-17(22)14-9-19-16-13(5-6-18-16)15(14)21-12-7-10-3-4-11(8-12)20-10/h5-6,9-12,20H,2-4,7-8H2,1H3,(H2,18,19,21)/t10-,11+,12?. The number of pyridine rings is 1. The first-order valence-electron chi connectivity index (χ1n) is 8.40. The third-order valence-corrected chi connectivity index (χ3v) is 4.90. The Morgan fingerprint density at radius 3 is 2.91 bits per heavy atom. The number of ether oxygens (including phenoxy) is 1. The molecule has 122 valence electrons. The van der Waals surface area contributed by atoms with Crippen molar-refractivity contribution in [2.24, 2.45) is 0 Å². The van der Waals surface area contributed by atoms with Crippen LogP contribution in [0.15, 0.2) is 18.5 Å². The van der Waals surface area contributed by atoms with Crippen LogP contribution in [0.2, 0.25) is 0 Å². The Kier molecular flexibility index (Phi) is 3.69. The maximum Gasteiger partial charge on any atom is 0.341 e. The van der Waals surface area contributed by atoms with E-state index in [2.05, 4.69) is 20.6 Å². The van der Waals surface area contributed by atoms with Gasteiger partial charge in [0.15, 0.2) is 0 Å². The Morgan fingerprint density at radius 2 is 2.17 bits per heavy atom. The van der Waals surface area contributed by atoms with Crippen LogP contribution in [0.1, 0.15) is 43.0 Å². The number of hydrogen-bond donors (Lipinski definition) is 3. The van der Waals surface area contributed by atoms with E-state index in [4.69, 9.17) is 4.74 Å². The van der Waals surface area contributed by atoms with E-state index in [9.17, 15) is 4.79 Å². The van der Waals surface area contributed by atoms with E-state index in [1.54, 1.807) is 6.20 Å². The first-order valence-corrected chi connectivity index (χ1v) is 8.40. The lowest BCUT2D eigenvalue weighted by atomic mass is 9.99. The van der Waals surface area contributed by atoms with Crippen molar-refractivity contribution in [2.75, 3.05) is 11.9 Å². The number of nitrogens with zero attached hydrogens (tertiary/aromatic N) is 1. The molecule has 0 aromatic carbocycles. The summed E-state index contributed by atoms with van der Waals surface area (Å²) in [5, 5.41) is 8.21. The minimum absolute atomic E-state index is 0.317. The number of carbonyl (C=O) groups is 1. The molecular formula is C17H22N4O2. The highest BCUT2D eigenvalue weighted by Gasteiger charge is 2.34. The van der Waals surface area contributed by atoms with Crippen LogP contribution in [0.3, 0.4) is 0 Å². The molecule has 2 saturated heterocycles. The SMILES string of the molecule is CCOC(=O)c1cnc2[nH]ccc2c1NC1C[C@H]2CC[C@@H](C1)N2. The third kappa shape index (κ3) is 2.67. The van der Waals surface area contributed by atoms with Gasteiger partial charge in [-0.1, -0.05) is 0 Å². The molecular weight excluding hydrogens is 292 g/mol. The van der Waals surface area contributed by atoms with Gasteiger partial charge in [-0.05, 0) is 38.7 Å². The number of fused-ring (bicyclic) bond motifs is 3. The molecule has 3 atom stereocenters. The van der Waals surface area contributed by atoms with Crippen LogP contribution in [0.4, 0.5) is 5.69 Å². The van der Waals surface area contributed by atoms with Gasteiger partial charge in [-0.15, -0.1) is 0 Å². The number of carbonyl (C=O) groups excluding carboxylic acids is 1. The predicted molar refractivity (Wildman–Crippen MR) is 88.6 cm³/mol. The number of anilines is 1. The van der Waals surface area contributed by atoms with Crippen LogP contribution in [-0.2, 0) is 4.74 Å². The molecule has 6 heteroatoms. The Bertz CT molecular complexity index is 714. The second kappa shape index (κ2) is 5.85. The maximum atomic E-state index is 12.3. The van der Waals surface area contributed by atoms with Gasteiger partial charge in [0.05, 0.1) is 12.3 Å². The second-order valence-electron chi connectivity index (χ2n) is 6.46. The summed E-state index contributed by atoms with van der Waals surface area (Å²) in [5.74, 6) is -0.317. The van der Waals surface area contributed by atoms with Crippen molar-refractivity contribution in [3.05, 3.63) is 24.0 Å². The summed E-state index contributed by atoms with van der Waals surface area (Å²) in [7, 11) is 0. The van der Waals surface area contributed by atoms with Gasteiger partial charge in [0.25, 0.3) is 0 Å². The lowest BCUT2D eigenvalue weighted by Crippen LogP contribution is -2.43. The molecule has 3 N–H and O–H groups in total. The molecule has 2 aliphatic rings. The van der Waals surface area contributed by atoms with Gasteiger partial charge in [0.1, 0.15) is 11.2 Å². The van der Waals surface area contributed by atoms with Crippen molar-refractivity contribution in [3.63, 3.8) is 0 Å². The Labute approximate surface area is 135 Å². The van der Waals surface area contributed by atoms with Crippen LogP contribution in [0.5, 0.6) is 0 Å². The number of piperidine rings is 1. The Morgan fingerprint density at radius 1 is 1.39 bits per heavy atom. The highest BCUT2D eigenvalue weighted by molar-refractivity contribution is 6.04. The summed E-state index contributed by atoms with van der Waals surface area (Å²) >= 11 is 0. The first-order chi connectivity index (χ1) is 11.2. The van der Waals surface area contributed by atoms with Gasteiger partial charge in [-0.2, -0.15) is 0 Å². The Balaban J connectivity index is 1.67. The van der Waals surface area contributed by atoms with Crippen LogP contribution in [0.25, 0.3) is 11.0 Å². The first kappa shape index (κ1) is 14.5. The maximum absolute atomic E-state index is 12.3. The van der Waals surface area contributed by atoms with E-state index in [0.717, 1.165) is 29.6 Å². The van der Waals surface area contributed by atoms with Crippen molar-refractivity contribution in [3.8, 4) is 0 Å². The van der Waals surface area contributed by atoms with E-state index in [-0.39, 0.29) is 5.97 Å². The number of hydrogen-bond acceptors (Lipinski definition) is 5. The summed E-state index contributed by atoms with van der Waals surface area (Å²) in [4.78, 5) is 19.7. The molecule has 2 aromatic rings. The fourth-order valence-electron chi connectivity index (χ4n) is 3.91. The topological polar surface area (TPSA) is 79.0 Å². The molecule has 0 spiro atoms. The van der Waals surface area contributed by atoms with Crippen molar-refractivity contribution in [1.82, 2.24) is 15.3 Å². The van der Waals surface area contributed by atoms with Crippen molar-refractivity contribution in [2.45, 2.75) is 50.7 Å². The van der Waals surface area contributed by atoms with Crippen LogP contribution in [-0.4, -0.2) is 40.7 Å². The zero-order chi connectivity index (χ0) is 15.8. The molecule has 2 fully saturated rings. The average molecular weight is 314 g/mol. The molecule has 0 saturated carbocycles. The molecule has 2 bridgehead atoms. The summed E-state index contributed by atoms with van der Waals surface area (Å²) in [6.45, 7) is 2.18. The number of H-pyrrole nitrogens is 1. The zero-order valence-electron chi connectivity index (χ0n) is 13.3. The highest BCUT2D eigenvalue weighted by atomic mass is 16.5. The summed E-state index contributed by atoms with van der Waals surface area (Å²) < 4.78 is 5.20. The molecule has 2 aromatic heterocycles. The van der Waals surface area contributed by atoms with Gasteiger partial charge in [0.2, 0.25) is 0 Å². The fourth-order valence-corrected chi connectivity index (χ4v) is 3.91.